The van der Waals surface area contributed by atoms with E-state index in [2.05, 4.69) is 44.9 Å². The van der Waals surface area contributed by atoms with Crippen molar-refractivity contribution < 1.29 is 0 Å². The molecule has 188 valence electrons. The maximum Gasteiger partial charge on any atom is 0.246 e. The van der Waals surface area contributed by atoms with Crippen molar-refractivity contribution in [2.24, 2.45) is 30.0 Å². The van der Waals surface area contributed by atoms with E-state index in [4.69, 9.17) is 30.0 Å². The number of imidazole rings is 3. The maximum absolute atomic E-state index is 4.69. The molecular formula is C21H9N19. The number of fused-ring (bicyclic) bond motifs is 3. The second-order valence-corrected chi connectivity index (χ2v) is 8.34. The number of nitrogens with zero attached hydrogens (tertiary/aromatic N) is 19. The van der Waals surface area contributed by atoms with Crippen LogP contribution in [0.5, 0.6) is 0 Å². The Morgan fingerprint density at radius 3 is 1.05 bits per heavy atom. The smallest absolute Gasteiger partial charge is 0.246 e. The highest BCUT2D eigenvalue weighted by Gasteiger charge is 2.37. The Labute approximate surface area is 219 Å². The van der Waals surface area contributed by atoms with Crippen LogP contribution in [0.25, 0.3) is 33.5 Å². The lowest BCUT2D eigenvalue weighted by Crippen LogP contribution is -2.49. The first kappa shape index (κ1) is 20.5. The summed E-state index contributed by atoms with van der Waals surface area (Å²) in [6, 6.07) is 0. The van der Waals surface area contributed by atoms with Gasteiger partial charge in [0.1, 0.15) is 54.5 Å². The molecule has 3 aliphatic rings. The highest BCUT2D eigenvalue weighted by Crippen LogP contribution is 2.22. The molecule has 9 rings (SSSR count). The van der Waals surface area contributed by atoms with E-state index >= 15 is 0 Å². The minimum atomic E-state index is 0.225. The Hall–Kier alpha value is -6.53. The lowest BCUT2D eigenvalue weighted by Gasteiger charge is -2.30. The van der Waals surface area contributed by atoms with Crippen molar-refractivity contribution in [3.8, 4) is 0 Å². The summed E-state index contributed by atoms with van der Waals surface area (Å²) in [5.41, 5.74) is 3.27. The predicted octanol–water partition coefficient (Wildman–Crippen LogP) is -0.471. The quantitative estimate of drug-likeness (QED) is 0.248. The molecule has 0 N–H and O–H groups in total. The van der Waals surface area contributed by atoms with Crippen molar-refractivity contribution in [1.82, 2.24) is 63.5 Å². The van der Waals surface area contributed by atoms with Gasteiger partial charge in [0.2, 0.25) is 35.8 Å². The molecule has 0 aliphatic carbocycles. The molecule has 9 heterocycles. The monoisotopic (exact) mass is 527 g/mol. The van der Waals surface area contributed by atoms with Crippen molar-refractivity contribution in [2.45, 2.75) is 0 Å². The van der Waals surface area contributed by atoms with Gasteiger partial charge >= 0.3 is 0 Å². The Balaban J connectivity index is 1.28. The molecule has 0 amide bonds. The Morgan fingerprint density at radius 1 is 0.375 bits per heavy atom. The van der Waals surface area contributed by atoms with Crippen molar-refractivity contribution >= 4 is 69.2 Å². The molecule has 0 fully saturated rings. The summed E-state index contributed by atoms with van der Waals surface area (Å²) in [5.74, 6) is 1.40. The van der Waals surface area contributed by atoms with E-state index in [1.54, 1.807) is 51.3 Å². The fourth-order valence-corrected chi connectivity index (χ4v) is 4.34. The molecule has 0 aromatic carbocycles. The van der Waals surface area contributed by atoms with Crippen LogP contribution in [0.4, 0.5) is 0 Å². The second kappa shape index (κ2) is 7.50. The Kier molecular flexibility index (Phi) is 3.85. The van der Waals surface area contributed by atoms with Gasteiger partial charge in [-0.15, -0.1) is 0 Å². The molecule has 3 aliphatic heterocycles. The summed E-state index contributed by atoms with van der Waals surface area (Å²) in [5, 5.41) is 0. The second-order valence-electron chi connectivity index (χ2n) is 8.34. The molecule has 0 atom stereocenters. The van der Waals surface area contributed by atoms with Gasteiger partial charge < -0.3 is 0 Å². The topological polar surface area (TPSA) is 208 Å². The van der Waals surface area contributed by atoms with Crippen LogP contribution >= 0.6 is 0 Å². The van der Waals surface area contributed by atoms with Gasteiger partial charge in [-0.2, -0.15) is 30.0 Å². The average molecular weight is 527 g/mol. The van der Waals surface area contributed by atoms with Crippen LogP contribution in [0.3, 0.4) is 0 Å². The SMILES string of the molecule is c1ncc2c(n1)ncn2C1=NC2=NC(n3cnc4ncncc43)=NC3=NC(n4cnc5ncncc54)=NC(=N1)N23. The standard InChI is InChI=1S/C21H9N19/c1-10-13(25-4-22-1)28-7-37(10)16-31-19-33-17(38-8-29-14-11(38)2-23-5-26-14)35-21-36-18(34-20(32-16)40(19)21)39-9-30-15-12(39)3-24-6-27-15/h1-9H. The van der Waals surface area contributed by atoms with E-state index in [-0.39, 0.29) is 35.8 Å². The number of aromatic nitrogens is 12. The lowest BCUT2D eigenvalue weighted by molar-refractivity contribution is 0.810. The predicted molar refractivity (Wildman–Crippen MR) is 139 cm³/mol. The van der Waals surface area contributed by atoms with Crippen LogP contribution in [-0.2, 0) is 0 Å². The summed E-state index contributed by atoms with van der Waals surface area (Å²) >= 11 is 0. The molecule has 0 radical (unpaired) electrons. The molecule has 6 aromatic heterocycles. The number of rotatable bonds is 0. The molecular weight excluding hydrogens is 518 g/mol. The van der Waals surface area contributed by atoms with E-state index in [9.17, 15) is 0 Å². The summed E-state index contributed by atoms with van der Waals surface area (Å²) in [6.45, 7) is 0. The van der Waals surface area contributed by atoms with E-state index in [0.717, 1.165) is 0 Å². The first-order chi connectivity index (χ1) is 19.8. The van der Waals surface area contributed by atoms with Crippen LogP contribution < -0.4 is 0 Å². The molecule has 0 bridgehead atoms. The van der Waals surface area contributed by atoms with Crippen molar-refractivity contribution in [1.29, 1.82) is 0 Å². The normalized spacial score (nSPS) is 16.4. The highest BCUT2D eigenvalue weighted by atomic mass is 15.5. The van der Waals surface area contributed by atoms with Gasteiger partial charge in [-0.3, -0.25) is 13.7 Å². The number of guanidine groups is 3. The molecule has 0 unspecified atom stereocenters. The molecule has 0 saturated carbocycles. The minimum absolute atomic E-state index is 0.225. The third-order valence-electron chi connectivity index (χ3n) is 6.13. The molecule has 19 nitrogen and oxygen atoms in total. The van der Waals surface area contributed by atoms with Gasteiger partial charge in [-0.05, 0) is 0 Å². The maximum atomic E-state index is 4.69. The van der Waals surface area contributed by atoms with E-state index in [0.29, 0.717) is 33.5 Å². The summed E-state index contributed by atoms with van der Waals surface area (Å²) in [4.78, 5) is 67.6. The first-order valence-corrected chi connectivity index (χ1v) is 11.5. The van der Waals surface area contributed by atoms with Gasteiger partial charge in [-0.1, -0.05) is 0 Å². The van der Waals surface area contributed by atoms with Crippen molar-refractivity contribution in [3.63, 3.8) is 0 Å². The third kappa shape index (κ3) is 2.84. The van der Waals surface area contributed by atoms with Gasteiger partial charge in [0.15, 0.2) is 16.9 Å². The van der Waals surface area contributed by atoms with Crippen molar-refractivity contribution in [2.75, 3.05) is 0 Å². The Bertz CT molecular complexity index is 1990. The summed E-state index contributed by atoms with van der Waals surface area (Å²) < 4.78 is 4.94. The highest BCUT2D eigenvalue weighted by molar-refractivity contribution is 6.31. The average Bonchev–Trinajstić information content (AvgIpc) is 3.73. The molecule has 19 heteroatoms. The van der Waals surface area contributed by atoms with E-state index in [1.165, 1.54) is 23.9 Å². The van der Waals surface area contributed by atoms with E-state index in [1.807, 2.05) is 0 Å². The van der Waals surface area contributed by atoms with Gasteiger partial charge in [0.05, 0.1) is 18.6 Å². The zero-order valence-electron chi connectivity index (χ0n) is 19.7. The Morgan fingerprint density at radius 2 is 0.700 bits per heavy atom. The van der Waals surface area contributed by atoms with Gasteiger partial charge in [0.25, 0.3) is 0 Å². The fourth-order valence-electron chi connectivity index (χ4n) is 4.34. The third-order valence-corrected chi connectivity index (χ3v) is 6.13. The molecule has 0 saturated heterocycles. The number of hydrogen-bond donors (Lipinski definition) is 0. The van der Waals surface area contributed by atoms with Crippen LogP contribution in [0.1, 0.15) is 0 Å². The van der Waals surface area contributed by atoms with Crippen LogP contribution in [0.2, 0.25) is 0 Å². The number of hydrogen-bond acceptors (Lipinski definition) is 16. The minimum Gasteiger partial charge on any atom is -0.263 e. The fraction of sp³-hybridized carbons (Fsp3) is 0. The molecule has 40 heavy (non-hydrogen) atoms. The van der Waals surface area contributed by atoms with Crippen LogP contribution in [-0.4, -0.2) is 99.2 Å². The van der Waals surface area contributed by atoms with Crippen LogP contribution in [0, 0.1) is 0 Å². The summed E-state index contributed by atoms with van der Waals surface area (Å²) in [7, 11) is 0. The lowest BCUT2D eigenvalue weighted by atomic mass is 10.5. The molecule has 0 spiro atoms. The zero-order valence-corrected chi connectivity index (χ0v) is 19.7. The first-order valence-electron chi connectivity index (χ1n) is 11.5. The van der Waals surface area contributed by atoms with Crippen LogP contribution in [0.15, 0.2) is 86.5 Å². The van der Waals surface area contributed by atoms with E-state index < -0.39 is 0 Å². The largest absolute Gasteiger partial charge is 0.263 e. The molecule has 6 aromatic rings. The zero-order chi connectivity index (χ0) is 26.2. The summed E-state index contributed by atoms with van der Waals surface area (Å²) in [6.07, 6.45) is 13.8. The van der Waals surface area contributed by atoms with Gasteiger partial charge in [-0.25, -0.2) is 49.8 Å². The van der Waals surface area contributed by atoms with Crippen molar-refractivity contribution in [3.05, 3.63) is 56.6 Å². The number of aliphatic imine (C=N–C) groups is 6. The van der Waals surface area contributed by atoms with Gasteiger partial charge in [0, 0.05) is 0 Å².